The molecule has 1 heterocycles. The van der Waals surface area contributed by atoms with Crippen molar-refractivity contribution in [1.82, 2.24) is 15.3 Å². The van der Waals surface area contributed by atoms with E-state index in [-0.39, 0.29) is 40.9 Å². The maximum absolute atomic E-state index is 12.4. The SMILES string of the molecule is Cc1ccc(C(=O)NC2CCC(Oc3nccnc3C#N)CC2)cc1[N+](=O)[O-]. The monoisotopic (exact) mass is 381 g/mol. The molecule has 144 valence electrons. The number of aryl methyl sites for hydroxylation is 1. The Balaban J connectivity index is 1.56. The standard InChI is InChI=1S/C19H19N5O4/c1-12-2-3-13(10-17(12)24(26)27)18(25)23-14-4-6-15(7-5-14)28-19-16(11-20)21-8-9-22-19/h2-3,8-10,14-15H,4-7H2,1H3,(H,23,25). The molecule has 0 bridgehead atoms. The van der Waals surface area contributed by atoms with E-state index in [4.69, 9.17) is 10.00 Å². The molecule has 2 aromatic rings. The molecule has 0 spiro atoms. The van der Waals surface area contributed by atoms with Crippen LogP contribution in [-0.2, 0) is 0 Å². The highest BCUT2D eigenvalue weighted by Crippen LogP contribution is 2.25. The number of benzene rings is 1. The van der Waals surface area contributed by atoms with E-state index in [1.165, 1.54) is 18.5 Å². The summed E-state index contributed by atoms with van der Waals surface area (Å²) in [5, 5.41) is 23.0. The third-order valence-corrected chi connectivity index (χ3v) is 4.73. The van der Waals surface area contributed by atoms with E-state index < -0.39 is 4.92 Å². The van der Waals surface area contributed by atoms with Gasteiger partial charge in [0, 0.05) is 35.6 Å². The van der Waals surface area contributed by atoms with Crippen LogP contribution in [0.5, 0.6) is 5.88 Å². The van der Waals surface area contributed by atoms with Gasteiger partial charge in [0.25, 0.3) is 17.5 Å². The normalized spacial score (nSPS) is 18.7. The minimum Gasteiger partial charge on any atom is -0.472 e. The number of nitro groups is 1. The molecular formula is C19H19N5O4. The molecule has 9 nitrogen and oxygen atoms in total. The molecule has 3 rings (SSSR count). The summed E-state index contributed by atoms with van der Waals surface area (Å²) in [6.45, 7) is 1.63. The van der Waals surface area contributed by atoms with Gasteiger partial charge in [-0.2, -0.15) is 5.26 Å². The molecule has 1 fully saturated rings. The van der Waals surface area contributed by atoms with Gasteiger partial charge in [-0.3, -0.25) is 14.9 Å². The fourth-order valence-electron chi connectivity index (χ4n) is 3.19. The lowest BCUT2D eigenvalue weighted by atomic mass is 9.92. The first-order valence-corrected chi connectivity index (χ1v) is 8.91. The van der Waals surface area contributed by atoms with Gasteiger partial charge in [0.1, 0.15) is 12.2 Å². The zero-order chi connectivity index (χ0) is 20.1. The first-order valence-electron chi connectivity index (χ1n) is 8.91. The van der Waals surface area contributed by atoms with Crippen molar-refractivity contribution in [3.05, 3.63) is 57.5 Å². The van der Waals surface area contributed by atoms with E-state index in [0.717, 1.165) is 0 Å². The summed E-state index contributed by atoms with van der Waals surface area (Å²) in [4.78, 5) is 31.0. The number of hydrogen-bond acceptors (Lipinski definition) is 7. The van der Waals surface area contributed by atoms with E-state index in [0.29, 0.717) is 31.2 Å². The van der Waals surface area contributed by atoms with E-state index >= 15 is 0 Å². The zero-order valence-corrected chi connectivity index (χ0v) is 15.3. The van der Waals surface area contributed by atoms with Crippen LogP contribution < -0.4 is 10.1 Å². The van der Waals surface area contributed by atoms with Crippen LogP contribution in [0, 0.1) is 28.4 Å². The average molecular weight is 381 g/mol. The number of hydrogen-bond donors (Lipinski definition) is 1. The highest BCUT2D eigenvalue weighted by molar-refractivity contribution is 5.95. The van der Waals surface area contributed by atoms with Crippen LogP contribution in [-0.4, -0.2) is 32.9 Å². The van der Waals surface area contributed by atoms with Crippen molar-refractivity contribution >= 4 is 11.6 Å². The van der Waals surface area contributed by atoms with E-state index in [1.807, 2.05) is 6.07 Å². The van der Waals surface area contributed by atoms with Crippen molar-refractivity contribution in [1.29, 1.82) is 5.26 Å². The Morgan fingerprint density at radius 1 is 1.29 bits per heavy atom. The van der Waals surface area contributed by atoms with Crippen molar-refractivity contribution in [2.75, 3.05) is 0 Å². The minimum absolute atomic E-state index is 0.0370. The lowest BCUT2D eigenvalue weighted by Gasteiger charge is -2.29. The molecule has 0 radical (unpaired) electrons. The first-order chi connectivity index (χ1) is 13.5. The Labute approximate surface area is 161 Å². The summed E-state index contributed by atoms with van der Waals surface area (Å²) in [6.07, 6.45) is 5.60. The quantitative estimate of drug-likeness (QED) is 0.622. The third-order valence-electron chi connectivity index (χ3n) is 4.73. The number of nitro benzene ring substituents is 1. The number of aromatic nitrogens is 2. The van der Waals surface area contributed by atoms with Gasteiger partial charge in [0.2, 0.25) is 5.69 Å². The Morgan fingerprint density at radius 2 is 2.00 bits per heavy atom. The number of carbonyl (C=O) groups is 1. The van der Waals surface area contributed by atoms with Gasteiger partial charge in [-0.15, -0.1) is 0 Å². The average Bonchev–Trinajstić information content (AvgIpc) is 2.70. The molecule has 1 N–H and O–H groups in total. The zero-order valence-electron chi connectivity index (χ0n) is 15.3. The van der Waals surface area contributed by atoms with Crippen LogP contribution in [0.1, 0.15) is 47.3 Å². The van der Waals surface area contributed by atoms with E-state index in [1.54, 1.807) is 19.1 Å². The van der Waals surface area contributed by atoms with Gasteiger partial charge in [-0.1, -0.05) is 6.07 Å². The molecule has 0 saturated heterocycles. The van der Waals surface area contributed by atoms with Gasteiger partial charge in [0.05, 0.1) is 4.92 Å². The molecule has 0 aliphatic heterocycles. The number of nitrogens with zero attached hydrogens (tertiary/aromatic N) is 4. The highest BCUT2D eigenvalue weighted by atomic mass is 16.6. The number of rotatable bonds is 5. The molecule has 0 unspecified atom stereocenters. The second-order valence-corrected chi connectivity index (χ2v) is 6.65. The summed E-state index contributed by atoms with van der Waals surface area (Å²) in [5.41, 5.74) is 0.870. The molecule has 9 heteroatoms. The Hall–Kier alpha value is -3.54. The van der Waals surface area contributed by atoms with Crippen molar-refractivity contribution in [3.8, 4) is 11.9 Å². The van der Waals surface area contributed by atoms with Crippen molar-refractivity contribution < 1.29 is 14.5 Å². The van der Waals surface area contributed by atoms with Crippen LogP contribution in [0.15, 0.2) is 30.6 Å². The molecule has 1 aromatic heterocycles. The first kappa shape index (κ1) is 19.2. The lowest BCUT2D eigenvalue weighted by Crippen LogP contribution is -2.39. The molecule has 28 heavy (non-hydrogen) atoms. The van der Waals surface area contributed by atoms with Crippen molar-refractivity contribution in [3.63, 3.8) is 0 Å². The molecule has 1 amide bonds. The summed E-state index contributed by atoms with van der Waals surface area (Å²) >= 11 is 0. The third kappa shape index (κ3) is 4.40. The van der Waals surface area contributed by atoms with E-state index in [9.17, 15) is 14.9 Å². The molecular weight excluding hydrogens is 362 g/mol. The van der Waals surface area contributed by atoms with E-state index in [2.05, 4.69) is 15.3 Å². The number of ether oxygens (including phenoxy) is 1. The highest BCUT2D eigenvalue weighted by Gasteiger charge is 2.25. The molecule has 1 saturated carbocycles. The second kappa shape index (κ2) is 8.43. The van der Waals surface area contributed by atoms with Gasteiger partial charge >= 0.3 is 0 Å². The largest absolute Gasteiger partial charge is 0.472 e. The Bertz CT molecular complexity index is 932. The van der Waals surface area contributed by atoms with Gasteiger partial charge < -0.3 is 10.1 Å². The fraction of sp³-hybridized carbons (Fsp3) is 0.368. The van der Waals surface area contributed by atoms with Gasteiger partial charge in [-0.25, -0.2) is 9.97 Å². The topological polar surface area (TPSA) is 131 Å². The Morgan fingerprint density at radius 3 is 2.68 bits per heavy atom. The summed E-state index contributed by atoms with van der Waals surface area (Å²) in [5.74, 6) is -0.0994. The molecule has 0 atom stereocenters. The predicted octanol–water partition coefficient (Wildman–Crippen LogP) is 2.68. The maximum atomic E-state index is 12.4. The van der Waals surface area contributed by atoms with Crippen molar-refractivity contribution in [2.45, 2.75) is 44.8 Å². The van der Waals surface area contributed by atoms with Crippen LogP contribution in [0.2, 0.25) is 0 Å². The van der Waals surface area contributed by atoms with Crippen molar-refractivity contribution in [2.24, 2.45) is 0 Å². The molecule has 1 aliphatic carbocycles. The fourth-order valence-corrected chi connectivity index (χ4v) is 3.19. The molecule has 1 aromatic carbocycles. The smallest absolute Gasteiger partial charge is 0.273 e. The van der Waals surface area contributed by atoms with Crippen LogP contribution in [0.25, 0.3) is 0 Å². The van der Waals surface area contributed by atoms with Crippen LogP contribution in [0.3, 0.4) is 0 Å². The maximum Gasteiger partial charge on any atom is 0.273 e. The van der Waals surface area contributed by atoms with Gasteiger partial charge in [-0.05, 0) is 38.7 Å². The lowest BCUT2D eigenvalue weighted by molar-refractivity contribution is -0.385. The summed E-state index contributed by atoms with van der Waals surface area (Å²) < 4.78 is 5.79. The Kier molecular flexibility index (Phi) is 5.79. The predicted molar refractivity (Wildman–Crippen MR) is 98.7 cm³/mol. The summed E-state index contributed by atoms with van der Waals surface area (Å²) in [6, 6.07) is 6.38. The minimum atomic E-state index is -0.489. The number of nitrogens with one attached hydrogen (secondary N) is 1. The number of amides is 1. The van der Waals surface area contributed by atoms with Crippen LogP contribution in [0.4, 0.5) is 5.69 Å². The van der Waals surface area contributed by atoms with Gasteiger partial charge in [0.15, 0.2) is 0 Å². The number of nitriles is 1. The van der Waals surface area contributed by atoms with Crippen LogP contribution >= 0.6 is 0 Å². The number of carbonyl (C=O) groups excluding carboxylic acids is 1. The molecule has 1 aliphatic rings. The second-order valence-electron chi connectivity index (χ2n) is 6.65. The summed E-state index contributed by atoms with van der Waals surface area (Å²) in [7, 11) is 0.